The molecule has 6 atom stereocenters. The summed E-state index contributed by atoms with van der Waals surface area (Å²) in [7, 11) is -4.61. The first-order valence-electron chi connectivity index (χ1n) is 26.9. The lowest BCUT2D eigenvalue weighted by Crippen LogP contribution is -2.60. The van der Waals surface area contributed by atoms with E-state index in [-0.39, 0.29) is 19.4 Å². The Morgan fingerprint density at radius 2 is 0.879 bits per heavy atom. The summed E-state index contributed by atoms with van der Waals surface area (Å²) < 4.78 is 54.2. The Morgan fingerprint density at radius 3 is 1.30 bits per heavy atom. The predicted molar refractivity (Wildman–Crippen MR) is 266 cm³/mol. The quantitative estimate of drug-likeness (QED) is 0.0196. The predicted octanol–water partition coefficient (Wildman–Crippen LogP) is 12.3. The molecule has 0 aromatic heterocycles. The molecule has 1 fully saturated rings. The largest absolute Gasteiger partial charge is 0.462 e. The Balaban J connectivity index is 2.34. The summed E-state index contributed by atoms with van der Waals surface area (Å²) in [4.78, 5) is 25.5. The first-order chi connectivity index (χ1) is 32.0. The number of esters is 2. The lowest BCUT2D eigenvalue weighted by molar-refractivity contribution is -0.297. The van der Waals surface area contributed by atoms with Crippen molar-refractivity contribution in [3.05, 3.63) is 24.3 Å². The molecule has 0 bridgehead atoms. The van der Waals surface area contributed by atoms with E-state index >= 15 is 0 Å². The summed E-state index contributed by atoms with van der Waals surface area (Å²) >= 11 is 0. The first kappa shape index (κ1) is 62.1. The molecule has 66 heavy (non-hydrogen) atoms. The van der Waals surface area contributed by atoms with Crippen LogP contribution in [0, 0.1) is 0 Å². The van der Waals surface area contributed by atoms with Gasteiger partial charge < -0.3 is 34.3 Å². The third-order valence-electron chi connectivity index (χ3n) is 12.5. The van der Waals surface area contributed by atoms with Gasteiger partial charge in [-0.25, -0.2) is 0 Å². The van der Waals surface area contributed by atoms with Crippen LogP contribution in [0.1, 0.15) is 245 Å². The van der Waals surface area contributed by atoms with Gasteiger partial charge >= 0.3 is 11.9 Å². The highest BCUT2D eigenvalue weighted by atomic mass is 32.2. The number of carbonyl (C=O) groups excluding carboxylic acids is 2. The van der Waals surface area contributed by atoms with Gasteiger partial charge in [0, 0.05) is 12.8 Å². The number of carbonyl (C=O) groups is 2. The Labute approximate surface area is 402 Å². The zero-order chi connectivity index (χ0) is 48.4. The fourth-order valence-corrected chi connectivity index (χ4v) is 9.02. The van der Waals surface area contributed by atoms with Gasteiger partial charge in [-0.1, -0.05) is 199 Å². The van der Waals surface area contributed by atoms with E-state index in [1.54, 1.807) is 0 Å². The highest BCUT2D eigenvalue weighted by molar-refractivity contribution is 7.85. The normalized spacial score (nSPS) is 19.5. The number of hydrogen-bond acceptors (Lipinski definition) is 11. The standard InChI is InChI=1S/C53H98O12S/c1-3-5-7-9-11-13-15-17-19-20-21-22-23-24-25-26-28-29-31-33-35-37-39-41-48(54)62-43-46(44-63-53-52(58)51(57)50(56)47(65-53)45-66(59,60)61)64-49(55)42-40-38-36-34-32-30-27-18-16-14-12-10-8-6-4-2/h18,27,33,35,46-47,50-53,56-58H,3-17,19-26,28-32,34,36-45H2,1-2H3,(H,59,60,61)/b27-18+,35-33+/t46-,47-,50-,51?,52?,53+/m1/s1. The molecular weight excluding hydrogens is 861 g/mol. The van der Waals surface area contributed by atoms with Gasteiger partial charge in [-0.05, 0) is 57.8 Å². The SMILES string of the molecule is CCCCCCCC/C=C/CCCCCCCC(=O)O[C@H](COC(=O)CCC/C=C/CCCCCCCCCCCCCCCCCCCC)CO[C@H]1O[C@H](CS(=O)(=O)O)[C@@H](O)C(O)C1O. The van der Waals surface area contributed by atoms with Gasteiger partial charge in [0.25, 0.3) is 10.1 Å². The first-order valence-corrected chi connectivity index (χ1v) is 28.5. The van der Waals surface area contributed by atoms with Crippen LogP contribution in [0.3, 0.4) is 0 Å². The second-order valence-corrected chi connectivity index (χ2v) is 20.4. The number of hydrogen-bond donors (Lipinski definition) is 4. The fraction of sp³-hybridized carbons (Fsp3) is 0.887. The number of ether oxygens (including phenoxy) is 4. The third kappa shape index (κ3) is 37.1. The minimum absolute atomic E-state index is 0.151. The summed E-state index contributed by atoms with van der Waals surface area (Å²) in [6, 6.07) is 0. The van der Waals surface area contributed by atoms with E-state index in [9.17, 15) is 37.9 Å². The van der Waals surface area contributed by atoms with Crippen molar-refractivity contribution in [2.24, 2.45) is 0 Å². The Hall–Kier alpha value is -1.87. The van der Waals surface area contributed by atoms with E-state index < -0.39 is 71.2 Å². The average Bonchev–Trinajstić information content (AvgIpc) is 3.28. The smallest absolute Gasteiger partial charge is 0.306 e. The van der Waals surface area contributed by atoms with Crippen molar-refractivity contribution in [2.45, 2.75) is 282 Å². The second-order valence-electron chi connectivity index (χ2n) is 18.9. The van der Waals surface area contributed by atoms with Gasteiger partial charge in [0.15, 0.2) is 12.4 Å². The molecule has 0 aromatic rings. The molecule has 0 saturated carbocycles. The van der Waals surface area contributed by atoms with Gasteiger partial charge in [0.05, 0.1) is 6.61 Å². The van der Waals surface area contributed by atoms with Crippen LogP contribution < -0.4 is 0 Å². The zero-order valence-corrected chi connectivity index (χ0v) is 42.6. The zero-order valence-electron chi connectivity index (χ0n) is 41.8. The van der Waals surface area contributed by atoms with Crippen molar-refractivity contribution in [1.82, 2.24) is 0 Å². The third-order valence-corrected chi connectivity index (χ3v) is 13.3. The molecule has 2 unspecified atom stereocenters. The van der Waals surface area contributed by atoms with Crippen LogP contribution in [-0.4, -0.2) is 96.0 Å². The molecule has 1 aliphatic heterocycles. The van der Waals surface area contributed by atoms with Crippen molar-refractivity contribution in [3.8, 4) is 0 Å². The van der Waals surface area contributed by atoms with E-state index in [1.165, 1.54) is 154 Å². The molecule has 1 heterocycles. The fourth-order valence-electron chi connectivity index (χ4n) is 8.32. The van der Waals surface area contributed by atoms with Crippen LogP contribution in [-0.2, 0) is 38.7 Å². The Morgan fingerprint density at radius 1 is 0.500 bits per heavy atom. The van der Waals surface area contributed by atoms with E-state index in [0.29, 0.717) is 12.8 Å². The molecule has 388 valence electrons. The monoisotopic (exact) mass is 959 g/mol. The van der Waals surface area contributed by atoms with E-state index in [0.717, 1.165) is 51.4 Å². The van der Waals surface area contributed by atoms with Crippen molar-refractivity contribution in [2.75, 3.05) is 19.0 Å². The summed E-state index contributed by atoms with van der Waals surface area (Å²) in [5.41, 5.74) is 0. The van der Waals surface area contributed by atoms with Crippen molar-refractivity contribution in [1.29, 1.82) is 0 Å². The molecule has 12 nitrogen and oxygen atoms in total. The lowest BCUT2D eigenvalue weighted by Gasteiger charge is -2.40. The van der Waals surface area contributed by atoms with Gasteiger partial charge in [-0.15, -0.1) is 0 Å². The maximum absolute atomic E-state index is 12.9. The molecule has 0 aromatic carbocycles. The van der Waals surface area contributed by atoms with Crippen molar-refractivity contribution in [3.63, 3.8) is 0 Å². The molecule has 1 aliphatic rings. The van der Waals surface area contributed by atoms with Crippen LogP contribution in [0.4, 0.5) is 0 Å². The van der Waals surface area contributed by atoms with Gasteiger partial charge in [0.2, 0.25) is 0 Å². The minimum Gasteiger partial charge on any atom is -0.462 e. The summed E-state index contributed by atoms with van der Waals surface area (Å²) in [6.07, 6.45) is 40.9. The molecule has 0 spiro atoms. The van der Waals surface area contributed by atoms with Crippen LogP contribution in [0.2, 0.25) is 0 Å². The average molecular weight is 959 g/mol. The molecule has 13 heteroatoms. The maximum atomic E-state index is 12.9. The van der Waals surface area contributed by atoms with Gasteiger partial charge in [-0.3, -0.25) is 14.1 Å². The highest BCUT2D eigenvalue weighted by Gasteiger charge is 2.46. The summed E-state index contributed by atoms with van der Waals surface area (Å²) in [5, 5.41) is 31.0. The molecule has 0 aliphatic carbocycles. The number of allylic oxidation sites excluding steroid dienone is 4. The number of aliphatic hydroxyl groups is 3. The maximum Gasteiger partial charge on any atom is 0.306 e. The van der Waals surface area contributed by atoms with Gasteiger partial charge in [0.1, 0.15) is 36.8 Å². The van der Waals surface area contributed by atoms with Crippen LogP contribution in [0.25, 0.3) is 0 Å². The molecular formula is C53H98O12S. The van der Waals surface area contributed by atoms with Crippen LogP contribution >= 0.6 is 0 Å². The van der Waals surface area contributed by atoms with Crippen molar-refractivity contribution >= 4 is 22.1 Å². The number of unbranched alkanes of at least 4 members (excludes halogenated alkanes) is 30. The number of rotatable bonds is 46. The highest BCUT2D eigenvalue weighted by Crippen LogP contribution is 2.24. The molecule has 1 saturated heterocycles. The van der Waals surface area contributed by atoms with Gasteiger partial charge in [-0.2, -0.15) is 8.42 Å². The Bertz CT molecular complexity index is 1310. The van der Waals surface area contributed by atoms with Crippen LogP contribution in [0.15, 0.2) is 24.3 Å². The Kier molecular flexibility index (Phi) is 40.7. The summed E-state index contributed by atoms with van der Waals surface area (Å²) in [5.74, 6) is -2.02. The summed E-state index contributed by atoms with van der Waals surface area (Å²) in [6.45, 7) is 3.76. The van der Waals surface area contributed by atoms with E-state index in [2.05, 4.69) is 38.2 Å². The second kappa shape index (κ2) is 43.2. The molecule has 4 N–H and O–H groups in total. The number of aliphatic hydroxyl groups excluding tert-OH is 3. The van der Waals surface area contributed by atoms with Crippen molar-refractivity contribution < 1.29 is 56.8 Å². The van der Waals surface area contributed by atoms with E-state index in [4.69, 9.17) is 18.9 Å². The lowest BCUT2D eigenvalue weighted by atomic mass is 10.00. The minimum atomic E-state index is -4.61. The molecule has 1 rings (SSSR count). The van der Waals surface area contributed by atoms with Crippen LogP contribution in [0.5, 0.6) is 0 Å². The topological polar surface area (TPSA) is 186 Å². The van der Waals surface area contributed by atoms with E-state index in [1.807, 2.05) is 0 Å². The molecule has 0 radical (unpaired) electrons. The molecule has 0 amide bonds.